The number of fused-ring (bicyclic) bond motifs is 1. The summed E-state index contributed by atoms with van der Waals surface area (Å²) in [5, 5.41) is 0.512. The lowest BCUT2D eigenvalue weighted by Gasteiger charge is -2.54. The third-order valence-corrected chi connectivity index (χ3v) is 6.96. The molecule has 126 valence electrons. The summed E-state index contributed by atoms with van der Waals surface area (Å²) in [4.78, 5) is 17.0. The Morgan fingerprint density at radius 1 is 1.12 bits per heavy atom. The Morgan fingerprint density at radius 3 is 2.54 bits per heavy atom. The first-order chi connectivity index (χ1) is 11.7. The minimum absolute atomic E-state index is 0.176. The molecule has 4 nitrogen and oxygen atoms in total. The van der Waals surface area contributed by atoms with E-state index in [1.807, 2.05) is 12.2 Å². The van der Waals surface area contributed by atoms with Crippen LogP contribution in [0.2, 0.25) is 5.02 Å². The van der Waals surface area contributed by atoms with Crippen LogP contribution in [0.5, 0.6) is 0 Å². The number of rotatable bonds is 3. The largest absolute Gasteiger partial charge is 0.287 e. The number of hydrazine groups is 1. The number of pyridine rings is 1. The number of nitrogens with zero attached hydrogens (tertiary/aromatic N) is 1. The Bertz CT molecular complexity index is 702. The van der Waals surface area contributed by atoms with Gasteiger partial charge in [0, 0.05) is 24.2 Å². The Labute approximate surface area is 147 Å². The molecule has 0 spiro atoms. The Kier molecular flexibility index (Phi) is 3.46. The van der Waals surface area contributed by atoms with E-state index < -0.39 is 0 Å². The molecule has 1 heterocycles. The van der Waals surface area contributed by atoms with E-state index in [1.54, 1.807) is 6.20 Å². The van der Waals surface area contributed by atoms with Crippen molar-refractivity contribution >= 4 is 23.6 Å². The maximum absolute atomic E-state index is 12.6. The van der Waals surface area contributed by atoms with Gasteiger partial charge >= 0.3 is 0 Å². The van der Waals surface area contributed by atoms with Gasteiger partial charge in [0.1, 0.15) is 0 Å². The molecule has 0 aromatic carbocycles. The number of allylic oxidation sites excluding steroid dienone is 1. The molecule has 0 unspecified atom stereocenters. The molecule has 0 radical (unpaired) electrons. The third kappa shape index (κ3) is 2.31. The zero-order chi connectivity index (χ0) is 16.3. The van der Waals surface area contributed by atoms with Crippen molar-refractivity contribution in [2.24, 2.45) is 23.7 Å². The SMILES string of the molecule is O=C(NNC1C2CC3CC(C2)CC1C3)c1cnc2c(c1Cl)C=CC2. The van der Waals surface area contributed by atoms with Gasteiger partial charge in [0.15, 0.2) is 0 Å². The highest BCUT2D eigenvalue weighted by Gasteiger charge is 2.48. The minimum Gasteiger partial charge on any atom is -0.287 e. The number of amides is 1. The first-order valence-electron chi connectivity index (χ1n) is 9.09. The quantitative estimate of drug-likeness (QED) is 0.827. The molecule has 5 heteroatoms. The fourth-order valence-corrected chi connectivity index (χ4v) is 6.00. The number of nitrogens with one attached hydrogen (secondary N) is 2. The van der Waals surface area contributed by atoms with E-state index in [0.717, 1.165) is 41.3 Å². The summed E-state index contributed by atoms with van der Waals surface area (Å²) in [6, 6.07) is 0.419. The molecule has 0 aliphatic heterocycles. The molecule has 1 amide bonds. The number of halogens is 1. The molecule has 4 saturated carbocycles. The topological polar surface area (TPSA) is 54.0 Å². The van der Waals surface area contributed by atoms with Crippen molar-refractivity contribution in [1.82, 2.24) is 15.8 Å². The highest BCUT2D eigenvalue weighted by atomic mass is 35.5. The normalized spacial score (nSPS) is 35.3. The summed E-state index contributed by atoms with van der Waals surface area (Å²) in [6.07, 6.45) is 13.1. The molecular weight excluding hydrogens is 322 g/mol. The van der Waals surface area contributed by atoms with Crippen molar-refractivity contribution in [1.29, 1.82) is 0 Å². The van der Waals surface area contributed by atoms with Crippen LogP contribution < -0.4 is 10.9 Å². The van der Waals surface area contributed by atoms with Gasteiger partial charge in [0.2, 0.25) is 0 Å². The Hall–Kier alpha value is -1.39. The molecule has 4 bridgehead atoms. The smallest absolute Gasteiger partial charge is 0.268 e. The van der Waals surface area contributed by atoms with Crippen LogP contribution in [0.15, 0.2) is 12.3 Å². The zero-order valence-corrected chi connectivity index (χ0v) is 14.4. The molecule has 24 heavy (non-hydrogen) atoms. The predicted octanol–water partition coefficient (Wildman–Crippen LogP) is 3.36. The van der Waals surface area contributed by atoms with Gasteiger partial charge in [-0.25, -0.2) is 5.43 Å². The van der Waals surface area contributed by atoms with Crippen LogP contribution in [0, 0.1) is 23.7 Å². The second-order valence-electron chi connectivity index (χ2n) is 8.01. The molecule has 4 fully saturated rings. The van der Waals surface area contributed by atoms with Crippen LogP contribution in [0.4, 0.5) is 0 Å². The van der Waals surface area contributed by atoms with E-state index in [9.17, 15) is 4.79 Å². The van der Waals surface area contributed by atoms with E-state index in [2.05, 4.69) is 15.8 Å². The summed E-state index contributed by atoms with van der Waals surface area (Å²) < 4.78 is 0. The van der Waals surface area contributed by atoms with Crippen LogP contribution in [-0.4, -0.2) is 16.9 Å². The van der Waals surface area contributed by atoms with Gasteiger partial charge < -0.3 is 0 Å². The number of hydrogen-bond donors (Lipinski definition) is 2. The van der Waals surface area contributed by atoms with Gasteiger partial charge in [-0.15, -0.1) is 0 Å². The van der Waals surface area contributed by atoms with Crippen molar-refractivity contribution in [3.05, 3.63) is 34.1 Å². The van der Waals surface area contributed by atoms with Crippen molar-refractivity contribution in [3.8, 4) is 0 Å². The van der Waals surface area contributed by atoms with Crippen molar-refractivity contribution in [2.75, 3.05) is 0 Å². The number of hydrogen-bond acceptors (Lipinski definition) is 3. The van der Waals surface area contributed by atoms with E-state index in [4.69, 9.17) is 11.6 Å². The van der Waals surface area contributed by atoms with E-state index in [0.29, 0.717) is 16.6 Å². The average molecular weight is 344 g/mol. The molecule has 0 saturated heterocycles. The maximum Gasteiger partial charge on any atom is 0.268 e. The molecule has 2 N–H and O–H groups in total. The van der Waals surface area contributed by atoms with Gasteiger partial charge in [0.25, 0.3) is 5.91 Å². The van der Waals surface area contributed by atoms with Gasteiger partial charge in [-0.2, -0.15) is 0 Å². The van der Waals surface area contributed by atoms with Crippen molar-refractivity contribution in [2.45, 2.75) is 44.6 Å². The summed E-state index contributed by atoms with van der Waals surface area (Å²) in [5.74, 6) is 3.13. The highest BCUT2D eigenvalue weighted by Crippen LogP contribution is 2.53. The summed E-state index contributed by atoms with van der Waals surface area (Å²) >= 11 is 6.41. The fraction of sp³-hybridized carbons (Fsp3) is 0.579. The summed E-state index contributed by atoms with van der Waals surface area (Å²) in [7, 11) is 0. The molecule has 5 aliphatic rings. The zero-order valence-electron chi connectivity index (χ0n) is 13.6. The summed E-state index contributed by atoms with van der Waals surface area (Å²) in [5.41, 5.74) is 8.57. The summed E-state index contributed by atoms with van der Waals surface area (Å²) in [6.45, 7) is 0. The first kappa shape index (κ1) is 14.9. The number of aromatic nitrogens is 1. The molecule has 1 aromatic rings. The second-order valence-corrected chi connectivity index (χ2v) is 8.39. The Balaban J connectivity index is 1.29. The second kappa shape index (κ2) is 5.57. The van der Waals surface area contributed by atoms with Crippen LogP contribution in [0.25, 0.3) is 6.08 Å². The van der Waals surface area contributed by atoms with Gasteiger partial charge in [0.05, 0.1) is 16.3 Å². The average Bonchev–Trinajstić information content (AvgIpc) is 3.03. The van der Waals surface area contributed by atoms with E-state index in [1.165, 1.54) is 32.1 Å². The Morgan fingerprint density at radius 2 is 1.83 bits per heavy atom. The lowest BCUT2D eigenvalue weighted by Crippen LogP contribution is -2.58. The lowest BCUT2D eigenvalue weighted by atomic mass is 9.54. The molecule has 1 aromatic heterocycles. The van der Waals surface area contributed by atoms with Crippen LogP contribution in [-0.2, 0) is 6.42 Å². The standard InChI is InChI=1S/C19H22ClN3O/c20-17-14-2-1-3-16(14)21-9-15(17)19(24)23-22-18-12-5-10-4-11(7-12)8-13(18)6-10/h1-2,9-13,18,22H,3-8H2,(H,23,24). The van der Waals surface area contributed by atoms with Gasteiger partial charge in [-0.3, -0.25) is 15.2 Å². The minimum atomic E-state index is -0.176. The fourth-order valence-electron chi connectivity index (χ4n) is 5.70. The van der Waals surface area contributed by atoms with E-state index in [-0.39, 0.29) is 5.91 Å². The monoisotopic (exact) mass is 343 g/mol. The molecule has 5 aliphatic carbocycles. The maximum atomic E-state index is 12.6. The number of carbonyl (C=O) groups excluding carboxylic acids is 1. The van der Waals surface area contributed by atoms with Crippen molar-refractivity contribution < 1.29 is 4.79 Å². The molecular formula is C19H22ClN3O. The predicted molar refractivity (Wildman–Crippen MR) is 93.4 cm³/mol. The van der Waals surface area contributed by atoms with Crippen molar-refractivity contribution in [3.63, 3.8) is 0 Å². The van der Waals surface area contributed by atoms with Gasteiger partial charge in [-0.1, -0.05) is 23.8 Å². The first-order valence-corrected chi connectivity index (χ1v) is 9.46. The molecule has 0 atom stereocenters. The highest BCUT2D eigenvalue weighted by molar-refractivity contribution is 6.35. The van der Waals surface area contributed by atoms with Gasteiger partial charge in [-0.05, 0) is 55.8 Å². The van der Waals surface area contributed by atoms with E-state index >= 15 is 0 Å². The van der Waals surface area contributed by atoms with Crippen LogP contribution in [0.3, 0.4) is 0 Å². The molecule has 6 rings (SSSR count). The third-order valence-electron chi connectivity index (χ3n) is 6.55. The lowest BCUT2D eigenvalue weighted by molar-refractivity contribution is -0.0179. The van der Waals surface area contributed by atoms with Crippen LogP contribution >= 0.6 is 11.6 Å². The number of carbonyl (C=O) groups is 1. The van der Waals surface area contributed by atoms with Crippen LogP contribution in [0.1, 0.15) is 53.7 Å².